The largest absolute Gasteiger partial charge is 0.409 e. The van der Waals surface area contributed by atoms with Crippen LogP contribution in [0.3, 0.4) is 0 Å². The Morgan fingerprint density at radius 2 is 2.50 bits per heavy atom. The Morgan fingerprint density at radius 3 is 2.88 bits per heavy atom. The van der Waals surface area contributed by atoms with Crippen LogP contribution in [0.5, 0.6) is 0 Å². The third-order valence-corrected chi connectivity index (χ3v) is 0.579. The van der Waals surface area contributed by atoms with Crippen molar-refractivity contribution in [3.05, 3.63) is 0 Å². The maximum atomic E-state index is 7.94. The Hall–Kier alpha value is -0.705. The van der Waals surface area contributed by atoms with Crippen LogP contribution in [-0.4, -0.2) is 31.9 Å². The molecule has 0 saturated heterocycles. The Labute approximate surface area is 49.2 Å². The molecule has 0 amide bonds. The zero-order chi connectivity index (χ0) is 6.41. The number of nitrogens with one attached hydrogen (secondary N) is 1. The van der Waals surface area contributed by atoms with Crippen LogP contribution in [0.25, 0.3) is 0 Å². The summed E-state index contributed by atoms with van der Waals surface area (Å²) in [4.78, 5) is 0. The molecule has 0 atom stereocenters. The van der Waals surface area contributed by atoms with Crippen LogP contribution in [0.15, 0.2) is 5.16 Å². The lowest BCUT2D eigenvalue weighted by Crippen LogP contribution is -2.29. The van der Waals surface area contributed by atoms with E-state index in [1.807, 2.05) is 0 Å². The molecule has 5 heteroatoms. The molecular formula is C3H8BN3O. The molecule has 0 bridgehead atoms. The highest BCUT2D eigenvalue weighted by molar-refractivity contribution is 6.08. The molecular weight excluding hydrogens is 105 g/mol. The Morgan fingerprint density at radius 1 is 1.88 bits per heavy atom. The summed E-state index contributed by atoms with van der Waals surface area (Å²) in [6, 6.07) is 0. The topological polar surface area (TPSA) is 70.6 Å². The number of hydrogen-bond donors (Lipinski definition) is 3. The number of amidine groups is 1. The second-order valence-electron chi connectivity index (χ2n) is 1.22. The third-order valence-electron chi connectivity index (χ3n) is 0.579. The summed E-state index contributed by atoms with van der Waals surface area (Å²) in [5, 5.41) is 13.3. The van der Waals surface area contributed by atoms with E-state index >= 15 is 0 Å². The number of nitrogens with two attached hydrogens (primary N) is 1. The van der Waals surface area contributed by atoms with Gasteiger partial charge in [-0.1, -0.05) is 5.16 Å². The molecule has 0 aromatic carbocycles. The minimum absolute atomic E-state index is 0.135. The van der Waals surface area contributed by atoms with Crippen LogP contribution < -0.4 is 11.1 Å². The van der Waals surface area contributed by atoms with Gasteiger partial charge >= 0.3 is 0 Å². The minimum atomic E-state index is 0.135. The third kappa shape index (κ3) is 3.48. The van der Waals surface area contributed by atoms with E-state index in [-0.39, 0.29) is 5.84 Å². The van der Waals surface area contributed by atoms with E-state index < -0.39 is 0 Å². The van der Waals surface area contributed by atoms with Crippen LogP contribution in [0.1, 0.15) is 0 Å². The quantitative estimate of drug-likeness (QED) is 0.136. The van der Waals surface area contributed by atoms with Crippen LogP contribution in [0.4, 0.5) is 0 Å². The summed E-state index contributed by atoms with van der Waals surface area (Å²) in [7, 11) is 5.03. The minimum Gasteiger partial charge on any atom is -0.409 e. The molecule has 0 aromatic heterocycles. The summed E-state index contributed by atoms with van der Waals surface area (Å²) >= 11 is 0. The number of hydrogen-bond acceptors (Lipinski definition) is 3. The average Bonchev–Trinajstić information content (AvgIpc) is 1.83. The number of oxime groups is 1. The second kappa shape index (κ2) is 4.45. The fraction of sp³-hybridized carbons (Fsp3) is 0.667. The van der Waals surface area contributed by atoms with Crippen molar-refractivity contribution in [3.8, 4) is 0 Å². The van der Waals surface area contributed by atoms with Crippen molar-refractivity contribution in [2.75, 3.05) is 13.0 Å². The van der Waals surface area contributed by atoms with Crippen LogP contribution in [0.2, 0.25) is 0 Å². The molecule has 0 spiro atoms. The molecule has 0 aliphatic rings. The molecule has 4 nitrogen and oxygen atoms in total. The lowest BCUT2D eigenvalue weighted by Gasteiger charge is -1.95. The zero-order valence-corrected chi connectivity index (χ0v) is 4.46. The molecule has 44 valence electrons. The molecule has 8 heavy (non-hydrogen) atoms. The van der Waals surface area contributed by atoms with Gasteiger partial charge in [-0.25, -0.2) is 0 Å². The van der Waals surface area contributed by atoms with E-state index in [4.69, 9.17) is 18.8 Å². The molecule has 2 radical (unpaired) electrons. The average molecular weight is 113 g/mol. The van der Waals surface area contributed by atoms with E-state index in [0.717, 1.165) is 0 Å². The summed E-state index contributed by atoms with van der Waals surface area (Å²) in [6.07, 6.45) is 0.330. The van der Waals surface area contributed by atoms with E-state index in [0.29, 0.717) is 13.0 Å². The van der Waals surface area contributed by atoms with Gasteiger partial charge < -0.3 is 16.3 Å². The van der Waals surface area contributed by atoms with Gasteiger partial charge in [-0.3, -0.25) is 0 Å². The molecule has 0 saturated carbocycles. The first-order chi connectivity index (χ1) is 3.81. The van der Waals surface area contributed by atoms with Gasteiger partial charge in [0.25, 0.3) is 0 Å². The summed E-state index contributed by atoms with van der Waals surface area (Å²) in [5.41, 5.74) is 5.04. The first kappa shape index (κ1) is 7.29. The van der Waals surface area contributed by atoms with Crippen molar-refractivity contribution >= 4 is 13.7 Å². The van der Waals surface area contributed by atoms with E-state index in [9.17, 15) is 0 Å². The number of rotatable bonds is 3. The van der Waals surface area contributed by atoms with Gasteiger partial charge in [0.1, 0.15) is 0 Å². The smallest absolute Gasteiger partial charge is 0.153 e. The molecule has 0 aromatic rings. The summed E-state index contributed by atoms with van der Waals surface area (Å²) in [6.45, 7) is 0.326. The van der Waals surface area contributed by atoms with Gasteiger partial charge in [0, 0.05) is 0 Å². The normalized spacial score (nSPS) is 11.8. The Bertz CT molecular complexity index is 84.6. The highest BCUT2D eigenvalue weighted by Crippen LogP contribution is 1.58. The predicted molar refractivity (Wildman–Crippen MR) is 32.0 cm³/mol. The van der Waals surface area contributed by atoms with Gasteiger partial charge in [-0.15, -0.1) is 0 Å². The second-order valence-corrected chi connectivity index (χ2v) is 1.22. The zero-order valence-electron chi connectivity index (χ0n) is 4.46. The van der Waals surface area contributed by atoms with Gasteiger partial charge in [0.2, 0.25) is 0 Å². The van der Waals surface area contributed by atoms with Crippen molar-refractivity contribution in [1.82, 2.24) is 5.32 Å². The standard InChI is InChI=1S/C3H8BN3O/c4-2-6-1-3(5)7-8/h6,8H,1-2H2,(H2,5,7). The predicted octanol–water partition coefficient (Wildman–Crippen LogP) is -1.55. The molecule has 4 N–H and O–H groups in total. The SMILES string of the molecule is [B]CNC/C(N)=N/O. The van der Waals surface area contributed by atoms with Gasteiger partial charge in [-0.2, -0.15) is 0 Å². The van der Waals surface area contributed by atoms with Crippen LogP contribution in [-0.2, 0) is 0 Å². The molecule has 0 aliphatic heterocycles. The first-order valence-corrected chi connectivity index (χ1v) is 2.18. The lowest BCUT2D eigenvalue weighted by molar-refractivity contribution is 0.317. The summed E-state index contributed by atoms with van der Waals surface area (Å²) < 4.78 is 0. The van der Waals surface area contributed by atoms with Crippen LogP contribution >= 0.6 is 0 Å². The van der Waals surface area contributed by atoms with E-state index in [2.05, 4.69) is 10.5 Å². The highest BCUT2D eigenvalue weighted by atomic mass is 16.4. The van der Waals surface area contributed by atoms with E-state index in [1.165, 1.54) is 0 Å². The molecule has 0 fully saturated rings. The van der Waals surface area contributed by atoms with Gasteiger partial charge in [0.05, 0.1) is 14.4 Å². The van der Waals surface area contributed by atoms with Gasteiger partial charge in [-0.05, 0) is 6.44 Å². The molecule has 0 rings (SSSR count). The fourth-order valence-corrected chi connectivity index (χ4v) is 0.236. The van der Waals surface area contributed by atoms with Crippen molar-refractivity contribution < 1.29 is 5.21 Å². The Balaban J connectivity index is 3.12. The van der Waals surface area contributed by atoms with Gasteiger partial charge in [0.15, 0.2) is 5.84 Å². The lowest BCUT2D eigenvalue weighted by atomic mass is 10.2. The first-order valence-electron chi connectivity index (χ1n) is 2.18. The maximum absolute atomic E-state index is 7.94. The molecule has 0 heterocycles. The van der Waals surface area contributed by atoms with Crippen LogP contribution in [0, 0.1) is 0 Å². The van der Waals surface area contributed by atoms with Crippen molar-refractivity contribution in [3.63, 3.8) is 0 Å². The highest BCUT2D eigenvalue weighted by Gasteiger charge is 1.86. The monoisotopic (exact) mass is 113 g/mol. The maximum Gasteiger partial charge on any atom is 0.153 e. The molecule has 0 aliphatic carbocycles. The summed E-state index contributed by atoms with van der Waals surface area (Å²) in [5.74, 6) is 0.135. The fourth-order valence-electron chi connectivity index (χ4n) is 0.236. The van der Waals surface area contributed by atoms with Crippen molar-refractivity contribution in [2.24, 2.45) is 10.9 Å². The van der Waals surface area contributed by atoms with E-state index in [1.54, 1.807) is 0 Å². The number of nitrogens with zero attached hydrogens (tertiary/aromatic N) is 1. The molecule has 0 unspecified atom stereocenters. The van der Waals surface area contributed by atoms with Crippen molar-refractivity contribution in [1.29, 1.82) is 0 Å². The van der Waals surface area contributed by atoms with Crippen molar-refractivity contribution in [2.45, 2.75) is 0 Å². The Kier molecular flexibility index (Phi) is 4.06.